The van der Waals surface area contributed by atoms with Crippen LogP contribution >= 0.6 is 0 Å². The summed E-state index contributed by atoms with van der Waals surface area (Å²) < 4.78 is 40.3. The summed E-state index contributed by atoms with van der Waals surface area (Å²) in [5.74, 6) is -1.76. The van der Waals surface area contributed by atoms with Gasteiger partial charge in [0.05, 0.1) is 17.3 Å². The molecule has 0 unspecified atom stereocenters. The van der Waals surface area contributed by atoms with E-state index >= 15 is 0 Å². The number of benzene rings is 3. The van der Waals surface area contributed by atoms with E-state index in [1.807, 2.05) is 0 Å². The highest BCUT2D eigenvalue weighted by Gasteiger charge is 2.32. The molecule has 11 heteroatoms. The Morgan fingerprint density at radius 3 is 2.23 bits per heavy atom. The van der Waals surface area contributed by atoms with Crippen LogP contribution < -0.4 is 9.86 Å². The van der Waals surface area contributed by atoms with Crippen LogP contribution in [0.3, 0.4) is 0 Å². The molecule has 3 aromatic carbocycles. The molecule has 1 N–H and O–H groups in total. The fourth-order valence-electron chi connectivity index (χ4n) is 3.80. The fraction of sp³-hybridized carbons (Fsp3) is 0.167. The number of carboxylic acids is 1. The van der Waals surface area contributed by atoms with Crippen molar-refractivity contribution in [2.24, 2.45) is 0 Å². The van der Waals surface area contributed by atoms with Crippen molar-refractivity contribution in [3.63, 3.8) is 0 Å². The second-order valence-electron chi connectivity index (χ2n) is 7.89. The van der Waals surface area contributed by atoms with Gasteiger partial charge >= 0.3 is 5.97 Å². The number of nitrogens with zero attached hydrogens (tertiary/aromatic N) is 4. The maximum Gasteiger partial charge on any atom is 0.327 e. The molecule has 1 aromatic heterocycles. The summed E-state index contributed by atoms with van der Waals surface area (Å²) in [4.78, 5) is 24.8. The molecule has 0 fully saturated rings. The third-order valence-electron chi connectivity index (χ3n) is 5.47. The number of rotatable bonds is 8. The third kappa shape index (κ3) is 5.19. The molecule has 0 saturated carbocycles. The highest BCUT2D eigenvalue weighted by Crippen LogP contribution is 2.27. The largest absolute Gasteiger partial charge is 0.480 e. The average Bonchev–Trinajstić information content (AvgIpc) is 2.83. The Bertz CT molecular complexity index is 1540. The van der Waals surface area contributed by atoms with Crippen molar-refractivity contribution in [3.05, 3.63) is 89.0 Å². The summed E-state index contributed by atoms with van der Waals surface area (Å²) >= 11 is 0. The van der Waals surface area contributed by atoms with Gasteiger partial charge in [0.15, 0.2) is 0 Å². The minimum absolute atomic E-state index is 0.141. The SMILES string of the molecule is CS(=O)(=O)N(c1ccc(-c2ccc(F)cc2)cc1)[C@H](CCn1nnc2ccccc2c1=O)C(=O)O. The van der Waals surface area contributed by atoms with Crippen molar-refractivity contribution >= 4 is 32.6 Å². The van der Waals surface area contributed by atoms with Gasteiger partial charge in [0.2, 0.25) is 10.0 Å². The van der Waals surface area contributed by atoms with Gasteiger partial charge in [-0.3, -0.25) is 9.10 Å². The quantitative estimate of drug-likeness (QED) is 0.398. The normalized spacial score (nSPS) is 12.4. The first kappa shape index (κ1) is 24.0. The molecule has 0 radical (unpaired) electrons. The lowest BCUT2D eigenvalue weighted by Crippen LogP contribution is -2.46. The van der Waals surface area contributed by atoms with Gasteiger partial charge in [-0.2, -0.15) is 0 Å². The van der Waals surface area contributed by atoms with Crippen LogP contribution in [0.25, 0.3) is 22.0 Å². The average molecular weight is 497 g/mol. The van der Waals surface area contributed by atoms with Crippen molar-refractivity contribution in [3.8, 4) is 11.1 Å². The summed E-state index contributed by atoms with van der Waals surface area (Å²) in [5.41, 5.74) is 1.51. The lowest BCUT2D eigenvalue weighted by molar-refractivity contribution is -0.138. The van der Waals surface area contributed by atoms with Crippen LogP contribution in [-0.2, 0) is 21.4 Å². The minimum atomic E-state index is -4.01. The lowest BCUT2D eigenvalue weighted by atomic mass is 10.1. The standard InChI is InChI=1S/C24H21FN4O5S/c1-35(33,34)29(19-12-8-17(9-13-19)16-6-10-18(25)11-7-16)22(24(31)32)14-15-28-23(30)20-4-2-3-5-21(20)26-27-28/h2-13,22H,14-15H2,1H3,(H,31,32)/t22-/m1/s1. The Labute approximate surface area is 200 Å². The highest BCUT2D eigenvalue weighted by atomic mass is 32.2. The highest BCUT2D eigenvalue weighted by molar-refractivity contribution is 7.92. The van der Waals surface area contributed by atoms with Crippen LogP contribution in [0.1, 0.15) is 6.42 Å². The molecule has 9 nitrogen and oxygen atoms in total. The number of carbonyl (C=O) groups is 1. The van der Waals surface area contributed by atoms with E-state index in [4.69, 9.17) is 0 Å². The molecule has 180 valence electrons. The number of fused-ring (bicyclic) bond motifs is 1. The van der Waals surface area contributed by atoms with Gasteiger partial charge in [0.1, 0.15) is 17.4 Å². The zero-order chi connectivity index (χ0) is 25.2. The number of carboxylic acid groups (broad SMARTS) is 1. The molecular formula is C24H21FN4O5S. The van der Waals surface area contributed by atoms with Gasteiger partial charge in [-0.25, -0.2) is 22.3 Å². The summed E-state index contributed by atoms with van der Waals surface area (Å²) in [5, 5.41) is 18.0. The number of aryl methyl sites for hydroxylation is 1. The number of hydrogen-bond acceptors (Lipinski definition) is 6. The van der Waals surface area contributed by atoms with Crippen LogP contribution in [-0.4, -0.2) is 46.8 Å². The predicted molar refractivity (Wildman–Crippen MR) is 129 cm³/mol. The zero-order valence-electron chi connectivity index (χ0n) is 18.6. The van der Waals surface area contributed by atoms with E-state index in [2.05, 4.69) is 10.3 Å². The van der Waals surface area contributed by atoms with Crippen molar-refractivity contribution in [2.45, 2.75) is 19.0 Å². The van der Waals surface area contributed by atoms with E-state index < -0.39 is 27.6 Å². The molecule has 1 atom stereocenters. The number of hydrogen-bond donors (Lipinski definition) is 1. The van der Waals surface area contributed by atoms with E-state index in [1.165, 1.54) is 24.3 Å². The maximum atomic E-state index is 13.2. The first-order valence-electron chi connectivity index (χ1n) is 10.6. The summed E-state index contributed by atoms with van der Waals surface area (Å²) in [6.07, 6.45) is 0.688. The molecule has 0 aliphatic rings. The van der Waals surface area contributed by atoms with Gasteiger partial charge in [-0.1, -0.05) is 41.6 Å². The first-order valence-corrected chi connectivity index (χ1v) is 12.4. The van der Waals surface area contributed by atoms with E-state index in [0.717, 1.165) is 15.2 Å². The van der Waals surface area contributed by atoms with Gasteiger partial charge in [-0.15, -0.1) is 5.10 Å². The van der Waals surface area contributed by atoms with Gasteiger partial charge in [0.25, 0.3) is 5.56 Å². The van der Waals surface area contributed by atoms with Crippen molar-refractivity contribution in [1.29, 1.82) is 0 Å². The van der Waals surface area contributed by atoms with Gasteiger partial charge < -0.3 is 5.11 Å². The molecule has 35 heavy (non-hydrogen) atoms. The first-order chi connectivity index (χ1) is 16.6. The Kier molecular flexibility index (Phi) is 6.61. The van der Waals surface area contributed by atoms with Crippen molar-refractivity contribution in [1.82, 2.24) is 15.0 Å². The molecule has 0 bridgehead atoms. The van der Waals surface area contributed by atoms with Crippen molar-refractivity contribution in [2.75, 3.05) is 10.6 Å². The fourth-order valence-corrected chi connectivity index (χ4v) is 4.96. The number of anilines is 1. The molecular weight excluding hydrogens is 475 g/mol. The second-order valence-corrected chi connectivity index (χ2v) is 9.75. The smallest absolute Gasteiger partial charge is 0.327 e. The van der Waals surface area contributed by atoms with E-state index in [0.29, 0.717) is 22.0 Å². The van der Waals surface area contributed by atoms with Gasteiger partial charge in [0, 0.05) is 6.54 Å². The summed E-state index contributed by atoms with van der Waals surface area (Å²) in [7, 11) is -4.01. The van der Waals surface area contributed by atoms with Crippen molar-refractivity contribution < 1.29 is 22.7 Å². The van der Waals surface area contributed by atoms with Crippen LogP contribution in [0.2, 0.25) is 0 Å². The third-order valence-corrected chi connectivity index (χ3v) is 6.65. The number of aliphatic carboxylic acids is 1. The Morgan fingerprint density at radius 2 is 1.63 bits per heavy atom. The predicted octanol–water partition coefficient (Wildman–Crippen LogP) is 2.91. The van der Waals surface area contributed by atoms with Crippen LogP contribution in [0, 0.1) is 5.82 Å². The Hall–Kier alpha value is -4.12. The van der Waals surface area contributed by atoms with E-state index in [9.17, 15) is 27.5 Å². The Balaban J connectivity index is 1.64. The van der Waals surface area contributed by atoms with Crippen LogP contribution in [0.4, 0.5) is 10.1 Å². The Morgan fingerprint density at radius 1 is 1.03 bits per heavy atom. The molecule has 0 aliphatic heterocycles. The minimum Gasteiger partial charge on any atom is -0.480 e. The molecule has 1 heterocycles. The van der Waals surface area contributed by atoms with E-state index in [-0.39, 0.29) is 24.5 Å². The molecule has 0 aliphatic carbocycles. The zero-order valence-corrected chi connectivity index (χ0v) is 19.4. The van der Waals surface area contributed by atoms with E-state index in [1.54, 1.807) is 48.5 Å². The summed E-state index contributed by atoms with van der Waals surface area (Å²) in [6, 6.07) is 17.1. The van der Waals surface area contributed by atoms with Crippen LogP contribution in [0.5, 0.6) is 0 Å². The number of aromatic nitrogens is 3. The topological polar surface area (TPSA) is 122 Å². The molecule has 0 amide bonds. The maximum absolute atomic E-state index is 13.2. The summed E-state index contributed by atoms with van der Waals surface area (Å²) in [6.45, 7) is -0.159. The number of sulfonamides is 1. The second kappa shape index (κ2) is 9.63. The molecule has 0 saturated heterocycles. The number of halogens is 1. The van der Waals surface area contributed by atoms with Crippen LogP contribution in [0.15, 0.2) is 77.6 Å². The molecule has 4 aromatic rings. The molecule has 0 spiro atoms. The lowest BCUT2D eigenvalue weighted by Gasteiger charge is -2.29. The molecule has 4 rings (SSSR count). The van der Waals surface area contributed by atoms with Gasteiger partial charge in [-0.05, 0) is 53.9 Å². The monoisotopic (exact) mass is 496 g/mol.